The molecular weight excluding hydrogens is 266 g/mol. The van der Waals surface area contributed by atoms with Gasteiger partial charge in [0.05, 0.1) is 5.41 Å². The summed E-state index contributed by atoms with van der Waals surface area (Å²) in [6.07, 6.45) is 0. The fraction of sp³-hybridized carbons (Fsp3) is 0.588. The van der Waals surface area contributed by atoms with Crippen LogP contribution in [-0.4, -0.2) is 18.2 Å². The smallest absolute Gasteiger partial charge is 0.237 e. The highest BCUT2D eigenvalue weighted by atomic mass is 32.1. The molecular formula is C17H25NOS. The van der Waals surface area contributed by atoms with Gasteiger partial charge in [-0.05, 0) is 42.6 Å². The number of hydrogen-bond donors (Lipinski definition) is 1. The minimum Gasteiger partial charge on any atom is -0.311 e. The third-order valence-corrected chi connectivity index (χ3v) is 4.94. The molecule has 1 atom stereocenters. The highest BCUT2D eigenvalue weighted by molar-refractivity contribution is 7.80. The Morgan fingerprint density at radius 3 is 2.40 bits per heavy atom. The standard InChI is InChI=1S/C17H25NOS/c1-16(2,3)12(11-20)10-18-14-9-7-6-8-13(14)17(4,5)15(18)19/h6-9,12,20H,10-11H2,1-5H3. The maximum absolute atomic E-state index is 12.8. The molecule has 1 aliphatic rings. The summed E-state index contributed by atoms with van der Waals surface area (Å²) in [6.45, 7) is 11.4. The van der Waals surface area contributed by atoms with Gasteiger partial charge in [0, 0.05) is 12.2 Å². The van der Waals surface area contributed by atoms with E-state index in [1.807, 2.05) is 30.9 Å². The molecule has 0 saturated carbocycles. The number of para-hydroxylation sites is 1. The molecule has 2 rings (SSSR count). The molecule has 1 aromatic carbocycles. The van der Waals surface area contributed by atoms with Gasteiger partial charge in [0.2, 0.25) is 5.91 Å². The van der Waals surface area contributed by atoms with Crippen molar-refractivity contribution in [2.75, 3.05) is 17.2 Å². The SMILES string of the molecule is CC1(C)C(=O)N(CC(CS)C(C)(C)C)c2ccccc21. The summed E-state index contributed by atoms with van der Waals surface area (Å²) in [5.41, 5.74) is 1.93. The molecule has 1 amide bonds. The van der Waals surface area contributed by atoms with Crippen LogP contribution in [0.4, 0.5) is 5.69 Å². The van der Waals surface area contributed by atoms with E-state index < -0.39 is 5.41 Å². The molecule has 1 aliphatic heterocycles. The van der Waals surface area contributed by atoms with Gasteiger partial charge >= 0.3 is 0 Å². The molecule has 0 aromatic heterocycles. The van der Waals surface area contributed by atoms with Crippen LogP contribution in [0, 0.1) is 11.3 Å². The molecule has 0 N–H and O–H groups in total. The Labute approximate surface area is 128 Å². The fourth-order valence-electron chi connectivity index (χ4n) is 2.81. The van der Waals surface area contributed by atoms with Crippen LogP contribution in [0.15, 0.2) is 24.3 Å². The van der Waals surface area contributed by atoms with E-state index in [-0.39, 0.29) is 11.3 Å². The molecule has 1 aromatic rings. The lowest BCUT2D eigenvalue weighted by atomic mass is 9.81. The van der Waals surface area contributed by atoms with E-state index >= 15 is 0 Å². The summed E-state index contributed by atoms with van der Waals surface area (Å²) in [6, 6.07) is 8.14. The molecule has 0 spiro atoms. The molecule has 3 heteroatoms. The predicted octanol–water partition coefficient (Wildman–Crippen LogP) is 3.90. The van der Waals surface area contributed by atoms with E-state index in [2.05, 4.69) is 45.5 Å². The Hall–Kier alpha value is -0.960. The van der Waals surface area contributed by atoms with Crippen molar-refractivity contribution in [3.05, 3.63) is 29.8 Å². The quantitative estimate of drug-likeness (QED) is 0.837. The Balaban J connectivity index is 2.37. The van der Waals surface area contributed by atoms with Crippen molar-refractivity contribution in [3.63, 3.8) is 0 Å². The molecule has 2 nitrogen and oxygen atoms in total. The van der Waals surface area contributed by atoms with Crippen molar-refractivity contribution in [2.24, 2.45) is 11.3 Å². The largest absolute Gasteiger partial charge is 0.311 e. The zero-order valence-corrected chi connectivity index (χ0v) is 14.0. The minimum atomic E-state index is -0.421. The maximum atomic E-state index is 12.8. The first-order chi connectivity index (χ1) is 9.19. The first-order valence-electron chi connectivity index (χ1n) is 7.22. The van der Waals surface area contributed by atoms with Gasteiger partial charge in [-0.2, -0.15) is 12.6 Å². The van der Waals surface area contributed by atoms with Gasteiger partial charge in [0.15, 0.2) is 0 Å². The predicted molar refractivity (Wildman–Crippen MR) is 88.6 cm³/mol. The number of thiol groups is 1. The number of hydrogen-bond acceptors (Lipinski definition) is 2. The summed E-state index contributed by atoms with van der Waals surface area (Å²) in [4.78, 5) is 14.7. The number of anilines is 1. The highest BCUT2D eigenvalue weighted by Crippen LogP contribution is 2.42. The van der Waals surface area contributed by atoms with Crippen LogP contribution in [-0.2, 0) is 10.2 Å². The number of amides is 1. The van der Waals surface area contributed by atoms with Crippen molar-refractivity contribution in [1.82, 2.24) is 0 Å². The van der Waals surface area contributed by atoms with Crippen LogP contribution in [0.1, 0.15) is 40.2 Å². The molecule has 20 heavy (non-hydrogen) atoms. The Kier molecular flexibility index (Phi) is 3.94. The zero-order valence-electron chi connectivity index (χ0n) is 13.1. The van der Waals surface area contributed by atoms with Crippen LogP contribution in [0.5, 0.6) is 0 Å². The Morgan fingerprint density at radius 1 is 1.25 bits per heavy atom. The zero-order chi connectivity index (χ0) is 15.1. The lowest BCUT2D eigenvalue weighted by molar-refractivity contribution is -0.122. The third-order valence-electron chi connectivity index (χ3n) is 4.50. The van der Waals surface area contributed by atoms with Crippen LogP contribution in [0.3, 0.4) is 0 Å². The molecule has 110 valence electrons. The average molecular weight is 291 g/mol. The lowest BCUT2D eigenvalue weighted by Crippen LogP contribution is -2.42. The van der Waals surface area contributed by atoms with Crippen LogP contribution >= 0.6 is 12.6 Å². The monoisotopic (exact) mass is 291 g/mol. The van der Waals surface area contributed by atoms with Gasteiger partial charge in [-0.1, -0.05) is 39.0 Å². The van der Waals surface area contributed by atoms with Gasteiger partial charge in [-0.15, -0.1) is 0 Å². The maximum Gasteiger partial charge on any atom is 0.237 e. The Morgan fingerprint density at radius 2 is 1.85 bits per heavy atom. The van der Waals surface area contributed by atoms with Gasteiger partial charge in [0.1, 0.15) is 0 Å². The second-order valence-corrected chi connectivity index (χ2v) is 7.67. The van der Waals surface area contributed by atoms with Crippen LogP contribution < -0.4 is 4.90 Å². The van der Waals surface area contributed by atoms with Crippen molar-refractivity contribution in [1.29, 1.82) is 0 Å². The number of benzene rings is 1. The number of nitrogens with zero attached hydrogens (tertiary/aromatic N) is 1. The molecule has 0 saturated heterocycles. The average Bonchev–Trinajstić information content (AvgIpc) is 2.55. The summed E-state index contributed by atoms with van der Waals surface area (Å²) < 4.78 is 0. The van der Waals surface area contributed by atoms with Crippen molar-refractivity contribution in [3.8, 4) is 0 Å². The number of fused-ring (bicyclic) bond motifs is 1. The van der Waals surface area contributed by atoms with Crippen molar-refractivity contribution >= 4 is 24.2 Å². The normalized spacial score (nSPS) is 19.1. The van der Waals surface area contributed by atoms with Crippen molar-refractivity contribution < 1.29 is 4.79 Å². The molecule has 1 heterocycles. The molecule has 0 aliphatic carbocycles. The topological polar surface area (TPSA) is 20.3 Å². The summed E-state index contributed by atoms with van der Waals surface area (Å²) >= 11 is 4.49. The number of carbonyl (C=O) groups is 1. The minimum absolute atomic E-state index is 0.143. The van der Waals surface area contributed by atoms with Gasteiger partial charge < -0.3 is 4.90 Å². The van der Waals surface area contributed by atoms with E-state index in [0.717, 1.165) is 23.5 Å². The van der Waals surface area contributed by atoms with Crippen molar-refractivity contribution in [2.45, 2.75) is 40.0 Å². The Bertz CT molecular complexity index is 516. The number of carbonyl (C=O) groups excluding carboxylic acids is 1. The highest BCUT2D eigenvalue weighted by Gasteiger charge is 2.44. The second kappa shape index (κ2) is 5.10. The first kappa shape index (κ1) is 15.4. The third kappa shape index (κ3) is 2.48. The van der Waals surface area contributed by atoms with E-state index in [9.17, 15) is 4.79 Å². The molecule has 0 bridgehead atoms. The van der Waals surface area contributed by atoms with Gasteiger partial charge in [-0.3, -0.25) is 4.79 Å². The number of rotatable bonds is 3. The lowest BCUT2D eigenvalue weighted by Gasteiger charge is -2.33. The van der Waals surface area contributed by atoms with Crippen LogP contribution in [0.2, 0.25) is 0 Å². The van der Waals surface area contributed by atoms with Gasteiger partial charge in [-0.25, -0.2) is 0 Å². The van der Waals surface area contributed by atoms with E-state index in [4.69, 9.17) is 0 Å². The van der Waals surface area contributed by atoms with E-state index in [0.29, 0.717) is 5.92 Å². The summed E-state index contributed by atoms with van der Waals surface area (Å²) in [7, 11) is 0. The van der Waals surface area contributed by atoms with Gasteiger partial charge in [0.25, 0.3) is 0 Å². The second-order valence-electron chi connectivity index (χ2n) is 7.30. The molecule has 1 unspecified atom stereocenters. The van der Waals surface area contributed by atoms with Crippen LogP contribution in [0.25, 0.3) is 0 Å². The fourth-order valence-corrected chi connectivity index (χ4v) is 3.47. The first-order valence-corrected chi connectivity index (χ1v) is 7.85. The van der Waals surface area contributed by atoms with E-state index in [1.165, 1.54) is 0 Å². The molecule has 0 radical (unpaired) electrons. The van der Waals surface area contributed by atoms with E-state index in [1.54, 1.807) is 0 Å². The molecule has 0 fully saturated rings. The summed E-state index contributed by atoms with van der Waals surface area (Å²) in [5, 5.41) is 0. The summed E-state index contributed by atoms with van der Waals surface area (Å²) in [5.74, 6) is 1.36.